The molecule has 3 nitrogen and oxygen atoms in total. The number of carbonyl (C=O) groups excluding carboxylic acids is 1. The zero-order valence-corrected chi connectivity index (χ0v) is 13.7. The van der Waals surface area contributed by atoms with E-state index in [0.717, 1.165) is 11.1 Å². The van der Waals surface area contributed by atoms with E-state index in [4.69, 9.17) is 4.74 Å². The van der Waals surface area contributed by atoms with Gasteiger partial charge < -0.3 is 10.1 Å². The van der Waals surface area contributed by atoms with Crippen LogP contribution in [0.4, 0.5) is 4.39 Å². The summed E-state index contributed by atoms with van der Waals surface area (Å²) in [5, 5.41) is 2.83. The molecular weight excluding hydrogens is 293 g/mol. The van der Waals surface area contributed by atoms with Crippen LogP contribution in [-0.4, -0.2) is 12.0 Å². The summed E-state index contributed by atoms with van der Waals surface area (Å²) in [6, 6.07) is 11.9. The van der Waals surface area contributed by atoms with Crippen molar-refractivity contribution in [2.75, 3.05) is 0 Å². The van der Waals surface area contributed by atoms with Crippen LogP contribution in [0.3, 0.4) is 0 Å². The Morgan fingerprint density at radius 3 is 2.43 bits per heavy atom. The molecule has 2 rings (SSSR count). The van der Waals surface area contributed by atoms with Crippen LogP contribution in [0.1, 0.15) is 30.0 Å². The summed E-state index contributed by atoms with van der Waals surface area (Å²) >= 11 is 0. The third-order valence-electron chi connectivity index (χ3n) is 3.80. The summed E-state index contributed by atoms with van der Waals surface area (Å²) in [5.74, 6) is 0.233. The molecule has 4 heteroatoms. The highest BCUT2D eigenvalue weighted by Gasteiger charge is 2.18. The second-order valence-electron chi connectivity index (χ2n) is 5.61. The third kappa shape index (κ3) is 4.81. The summed E-state index contributed by atoms with van der Waals surface area (Å²) in [6.45, 7) is 6.30. The molecule has 2 aromatic rings. The maximum Gasteiger partial charge on any atom is 0.261 e. The second-order valence-corrected chi connectivity index (χ2v) is 5.61. The van der Waals surface area contributed by atoms with E-state index >= 15 is 0 Å². The molecule has 2 aromatic carbocycles. The van der Waals surface area contributed by atoms with Gasteiger partial charge in [0.1, 0.15) is 11.6 Å². The Morgan fingerprint density at radius 1 is 1.13 bits per heavy atom. The van der Waals surface area contributed by atoms with Crippen molar-refractivity contribution in [1.82, 2.24) is 5.32 Å². The van der Waals surface area contributed by atoms with Crippen molar-refractivity contribution < 1.29 is 13.9 Å². The van der Waals surface area contributed by atoms with Crippen molar-refractivity contribution in [1.29, 1.82) is 0 Å². The van der Waals surface area contributed by atoms with E-state index in [1.807, 2.05) is 39.0 Å². The van der Waals surface area contributed by atoms with Gasteiger partial charge in [-0.05, 0) is 61.2 Å². The lowest BCUT2D eigenvalue weighted by atomic mass is 10.1. The van der Waals surface area contributed by atoms with Gasteiger partial charge in [-0.3, -0.25) is 4.79 Å². The minimum atomic E-state index is -0.544. The van der Waals surface area contributed by atoms with Gasteiger partial charge in [0.15, 0.2) is 6.10 Å². The molecule has 1 amide bonds. The van der Waals surface area contributed by atoms with Crippen molar-refractivity contribution in [3.05, 3.63) is 65.0 Å². The Morgan fingerprint density at radius 2 is 1.83 bits per heavy atom. The molecule has 1 N–H and O–H groups in total. The van der Waals surface area contributed by atoms with Gasteiger partial charge in [0.05, 0.1) is 0 Å². The third-order valence-corrected chi connectivity index (χ3v) is 3.80. The Labute approximate surface area is 136 Å². The lowest BCUT2D eigenvalue weighted by molar-refractivity contribution is -0.128. The number of hydrogen-bond acceptors (Lipinski definition) is 2. The van der Waals surface area contributed by atoms with E-state index in [2.05, 4.69) is 5.32 Å². The molecule has 0 aliphatic heterocycles. The van der Waals surface area contributed by atoms with Crippen molar-refractivity contribution in [2.24, 2.45) is 0 Å². The maximum atomic E-state index is 12.9. The van der Waals surface area contributed by atoms with Gasteiger partial charge in [0.2, 0.25) is 0 Å². The van der Waals surface area contributed by atoms with E-state index in [-0.39, 0.29) is 11.7 Å². The van der Waals surface area contributed by atoms with Crippen LogP contribution in [0.25, 0.3) is 0 Å². The molecule has 122 valence electrons. The fourth-order valence-corrected chi connectivity index (χ4v) is 2.18. The molecule has 1 atom stereocenters. The van der Waals surface area contributed by atoms with E-state index < -0.39 is 6.10 Å². The summed E-state index contributed by atoms with van der Waals surface area (Å²) in [6.07, 6.45) is 0.0277. The number of amides is 1. The number of hydrogen-bond donors (Lipinski definition) is 1. The van der Waals surface area contributed by atoms with E-state index in [0.29, 0.717) is 18.7 Å². The van der Waals surface area contributed by atoms with Gasteiger partial charge in [0.25, 0.3) is 5.91 Å². The zero-order valence-electron chi connectivity index (χ0n) is 13.7. The van der Waals surface area contributed by atoms with Crippen LogP contribution in [0.5, 0.6) is 5.75 Å². The highest BCUT2D eigenvalue weighted by molar-refractivity contribution is 5.81. The molecule has 0 spiro atoms. The predicted octanol–water partition coefficient (Wildman–Crippen LogP) is 3.92. The SMILES string of the molecule is CC[C@@H](Oc1ccc(C)c(C)c1)C(=O)NCc1ccc(F)cc1. The first-order chi connectivity index (χ1) is 11.0. The van der Waals surface area contributed by atoms with E-state index in [9.17, 15) is 9.18 Å². The molecule has 0 radical (unpaired) electrons. The number of benzene rings is 2. The van der Waals surface area contributed by atoms with Crippen LogP contribution in [0.2, 0.25) is 0 Å². The molecule has 23 heavy (non-hydrogen) atoms. The first-order valence-electron chi connectivity index (χ1n) is 7.75. The Hall–Kier alpha value is -2.36. The molecule has 0 fully saturated rings. The minimum absolute atomic E-state index is 0.171. The van der Waals surface area contributed by atoms with Crippen LogP contribution in [-0.2, 0) is 11.3 Å². The lowest BCUT2D eigenvalue weighted by Crippen LogP contribution is -2.37. The molecule has 0 aromatic heterocycles. The number of carbonyl (C=O) groups is 1. The Bertz CT molecular complexity index is 668. The van der Waals surface area contributed by atoms with Crippen molar-refractivity contribution >= 4 is 5.91 Å². The average Bonchev–Trinajstić information content (AvgIpc) is 2.55. The van der Waals surface area contributed by atoms with Gasteiger partial charge in [-0.25, -0.2) is 4.39 Å². The van der Waals surface area contributed by atoms with Crippen molar-refractivity contribution in [3.63, 3.8) is 0 Å². The number of ether oxygens (including phenoxy) is 1. The molecule has 0 bridgehead atoms. The smallest absolute Gasteiger partial charge is 0.261 e. The molecule has 0 heterocycles. The monoisotopic (exact) mass is 315 g/mol. The van der Waals surface area contributed by atoms with Crippen molar-refractivity contribution in [3.8, 4) is 5.75 Å². The van der Waals surface area contributed by atoms with Crippen LogP contribution < -0.4 is 10.1 Å². The summed E-state index contributed by atoms with van der Waals surface area (Å²) in [5.41, 5.74) is 3.16. The zero-order chi connectivity index (χ0) is 16.8. The minimum Gasteiger partial charge on any atom is -0.481 e. The standard InChI is InChI=1S/C19H22FNO2/c1-4-18(23-17-10-5-13(2)14(3)11-17)19(22)21-12-15-6-8-16(20)9-7-15/h5-11,18H,4,12H2,1-3H3,(H,21,22)/t18-/m1/s1. The fraction of sp³-hybridized carbons (Fsp3) is 0.316. The van der Waals surface area contributed by atoms with E-state index in [1.54, 1.807) is 12.1 Å². The van der Waals surface area contributed by atoms with Crippen LogP contribution in [0, 0.1) is 19.7 Å². The Kier molecular flexibility index (Phi) is 5.74. The Balaban J connectivity index is 1.95. The second kappa shape index (κ2) is 7.77. The lowest BCUT2D eigenvalue weighted by Gasteiger charge is -2.18. The number of nitrogens with one attached hydrogen (secondary N) is 1. The summed E-state index contributed by atoms with van der Waals surface area (Å²) in [4.78, 5) is 12.3. The number of rotatable bonds is 6. The summed E-state index contributed by atoms with van der Waals surface area (Å²) < 4.78 is 18.7. The maximum absolute atomic E-state index is 12.9. The summed E-state index contributed by atoms with van der Waals surface area (Å²) in [7, 11) is 0. The van der Waals surface area contributed by atoms with Gasteiger partial charge >= 0.3 is 0 Å². The molecular formula is C19H22FNO2. The topological polar surface area (TPSA) is 38.3 Å². The highest BCUT2D eigenvalue weighted by atomic mass is 19.1. The fourth-order valence-electron chi connectivity index (χ4n) is 2.18. The predicted molar refractivity (Wildman–Crippen MR) is 88.9 cm³/mol. The first-order valence-corrected chi connectivity index (χ1v) is 7.75. The van der Waals surface area contributed by atoms with Crippen LogP contribution >= 0.6 is 0 Å². The van der Waals surface area contributed by atoms with Crippen LogP contribution in [0.15, 0.2) is 42.5 Å². The molecule has 0 saturated heterocycles. The quantitative estimate of drug-likeness (QED) is 0.877. The van der Waals surface area contributed by atoms with Gasteiger partial charge in [0, 0.05) is 6.54 Å². The molecule has 0 saturated carbocycles. The highest BCUT2D eigenvalue weighted by Crippen LogP contribution is 2.18. The van der Waals surface area contributed by atoms with Gasteiger partial charge in [-0.1, -0.05) is 25.1 Å². The van der Waals surface area contributed by atoms with Gasteiger partial charge in [-0.2, -0.15) is 0 Å². The first kappa shape index (κ1) is 17.0. The average molecular weight is 315 g/mol. The molecule has 0 aliphatic rings. The molecule has 0 unspecified atom stereocenters. The normalized spacial score (nSPS) is 11.8. The molecule has 0 aliphatic carbocycles. The number of aryl methyl sites for hydroxylation is 2. The van der Waals surface area contributed by atoms with E-state index in [1.165, 1.54) is 17.7 Å². The van der Waals surface area contributed by atoms with Crippen molar-refractivity contribution in [2.45, 2.75) is 39.8 Å². The largest absolute Gasteiger partial charge is 0.481 e. The van der Waals surface area contributed by atoms with Gasteiger partial charge in [-0.15, -0.1) is 0 Å². The number of halogens is 1.